The fourth-order valence-electron chi connectivity index (χ4n) is 5.58. The number of hydrogen-bond donors (Lipinski definition) is 1. The molecule has 11 heteroatoms. The predicted octanol–water partition coefficient (Wildman–Crippen LogP) is 15.2. The minimum atomic E-state index is -0.407. The summed E-state index contributed by atoms with van der Waals surface area (Å²) in [6.07, 6.45) is 3.53. The number of unbranched alkanes of at least 4 members (excludes halogenated alkanes) is 2. The van der Waals surface area contributed by atoms with E-state index < -0.39 is 5.24 Å². The summed E-state index contributed by atoms with van der Waals surface area (Å²) in [6, 6.07) is 43.0. The Morgan fingerprint density at radius 3 is 1.26 bits per heavy atom. The largest absolute Gasteiger partial charge is 0.462 e. The van der Waals surface area contributed by atoms with Gasteiger partial charge >= 0.3 is 5.97 Å². The molecule has 0 aromatic heterocycles. The number of Topliss-reactive ketones (excluding diaryl/α,β-unsaturated/α-hetero) is 2. The smallest absolute Gasteiger partial charge is 0.338 e. The highest BCUT2D eigenvalue weighted by Gasteiger charge is 2.11. The standard InChI is InChI=1S/C24H20Cl2O3.C17H16Cl2O2.C7H5ClO.2CH4/c25-20-13-14-21(22(26)16-20)17-9-11-18(12-10-17)23(27)8-4-5-15-29-24(28)19-6-2-1-3-7-19;18-14-8-9-15(16(19)11-14)12-4-6-13(7-5-12)17(21)3-1-2-10-20;8-7(9)6-4-2-1-3-5-6;;/h1-3,6-7,9-14,16H,4-5,8,15H2;4-9,11,20H,1-3,10H2;1-5H;2*1H4. The summed E-state index contributed by atoms with van der Waals surface area (Å²) in [5.74, 6) is -0.182. The highest BCUT2D eigenvalue weighted by Crippen LogP contribution is 2.32. The third kappa shape index (κ3) is 17.6. The number of esters is 1. The van der Waals surface area contributed by atoms with E-state index in [-0.39, 0.29) is 39.0 Å². The summed E-state index contributed by atoms with van der Waals surface area (Å²) in [5.41, 5.74) is 6.04. The summed E-state index contributed by atoms with van der Waals surface area (Å²) in [4.78, 5) is 46.6. The first-order chi connectivity index (χ1) is 28.5. The minimum absolute atomic E-state index is 0. The Labute approximate surface area is 384 Å². The average Bonchev–Trinajstić information content (AvgIpc) is 3.25. The van der Waals surface area contributed by atoms with Crippen LogP contribution in [0, 0.1) is 0 Å². The zero-order chi connectivity index (χ0) is 42.6. The lowest BCUT2D eigenvalue weighted by Gasteiger charge is -2.07. The number of ketones is 2. The normalized spacial score (nSPS) is 10.0. The van der Waals surface area contributed by atoms with Gasteiger partial charge in [-0.15, -0.1) is 0 Å². The van der Waals surface area contributed by atoms with Gasteiger partial charge in [-0.2, -0.15) is 0 Å². The molecule has 6 rings (SSSR count). The predicted molar refractivity (Wildman–Crippen MR) is 254 cm³/mol. The Kier molecular flexibility index (Phi) is 24.0. The molecule has 0 saturated carbocycles. The highest BCUT2D eigenvalue weighted by molar-refractivity contribution is 6.67. The van der Waals surface area contributed by atoms with Gasteiger partial charge in [0.05, 0.1) is 12.2 Å². The lowest BCUT2D eigenvalue weighted by atomic mass is 10.0. The zero-order valence-electron chi connectivity index (χ0n) is 31.9. The van der Waals surface area contributed by atoms with Gasteiger partial charge in [0, 0.05) is 67.4 Å². The number of rotatable bonds is 15. The van der Waals surface area contributed by atoms with Crippen molar-refractivity contribution in [3.8, 4) is 22.3 Å². The number of aliphatic hydroxyl groups is 1. The molecule has 0 spiro atoms. The van der Waals surface area contributed by atoms with E-state index in [1.54, 1.807) is 84.9 Å². The van der Waals surface area contributed by atoms with E-state index in [0.29, 0.717) is 87.5 Å². The van der Waals surface area contributed by atoms with Crippen LogP contribution in [0.2, 0.25) is 20.1 Å². The lowest BCUT2D eigenvalue weighted by molar-refractivity contribution is 0.0498. The first kappa shape index (κ1) is 52.3. The van der Waals surface area contributed by atoms with Gasteiger partial charge in [-0.3, -0.25) is 14.4 Å². The molecule has 6 aromatic carbocycles. The molecule has 0 aliphatic rings. The molecule has 0 fully saturated rings. The van der Waals surface area contributed by atoms with Crippen LogP contribution in [-0.2, 0) is 4.74 Å². The molecule has 320 valence electrons. The topological polar surface area (TPSA) is 97.7 Å². The van der Waals surface area contributed by atoms with Crippen LogP contribution in [0.5, 0.6) is 0 Å². The second-order valence-electron chi connectivity index (χ2n) is 13.0. The highest BCUT2D eigenvalue weighted by atomic mass is 35.5. The molecule has 6 nitrogen and oxygen atoms in total. The molecule has 0 unspecified atom stereocenters. The van der Waals surface area contributed by atoms with Gasteiger partial charge in [-0.25, -0.2) is 4.79 Å². The van der Waals surface area contributed by atoms with Gasteiger partial charge in [0.15, 0.2) is 11.6 Å². The average molecular weight is 923 g/mol. The van der Waals surface area contributed by atoms with Crippen LogP contribution in [-0.4, -0.2) is 41.1 Å². The molecule has 0 saturated heterocycles. The van der Waals surface area contributed by atoms with Gasteiger partial charge < -0.3 is 9.84 Å². The second-order valence-corrected chi connectivity index (χ2v) is 15.1. The Bertz CT molecular complexity index is 2280. The number of benzene rings is 6. The summed E-state index contributed by atoms with van der Waals surface area (Å²) >= 11 is 29.4. The van der Waals surface area contributed by atoms with Crippen LogP contribution in [0.15, 0.2) is 146 Å². The van der Waals surface area contributed by atoms with Gasteiger partial charge in [0.1, 0.15) is 0 Å². The van der Waals surface area contributed by atoms with Crippen LogP contribution < -0.4 is 0 Å². The van der Waals surface area contributed by atoms with Gasteiger partial charge in [-0.1, -0.05) is 170 Å². The van der Waals surface area contributed by atoms with E-state index in [0.717, 1.165) is 22.3 Å². The van der Waals surface area contributed by atoms with E-state index in [4.69, 9.17) is 67.8 Å². The summed E-state index contributed by atoms with van der Waals surface area (Å²) in [6.45, 7) is 0.427. The van der Waals surface area contributed by atoms with Crippen LogP contribution >= 0.6 is 58.0 Å². The first-order valence-corrected chi connectivity index (χ1v) is 20.6. The quantitative estimate of drug-likeness (QED) is 0.0477. The van der Waals surface area contributed by atoms with Crippen molar-refractivity contribution in [1.29, 1.82) is 0 Å². The molecular weight excluding hydrogens is 874 g/mol. The third-order valence-electron chi connectivity index (χ3n) is 8.75. The first-order valence-electron chi connectivity index (χ1n) is 18.7. The van der Waals surface area contributed by atoms with Crippen LogP contribution in [0.25, 0.3) is 22.3 Å². The number of halogens is 5. The molecular formula is C50H49Cl5O6. The Morgan fingerprint density at radius 1 is 0.475 bits per heavy atom. The van der Waals surface area contributed by atoms with Crippen molar-refractivity contribution in [2.75, 3.05) is 13.2 Å². The van der Waals surface area contributed by atoms with Crippen molar-refractivity contribution in [3.05, 3.63) is 188 Å². The Balaban J connectivity index is 0.000000350. The van der Waals surface area contributed by atoms with Crippen molar-refractivity contribution < 1.29 is 29.0 Å². The molecule has 0 aliphatic carbocycles. The number of ether oxygens (including phenoxy) is 1. The van der Waals surface area contributed by atoms with Crippen molar-refractivity contribution in [1.82, 2.24) is 0 Å². The van der Waals surface area contributed by atoms with Crippen molar-refractivity contribution in [2.45, 2.75) is 53.4 Å². The van der Waals surface area contributed by atoms with E-state index in [9.17, 15) is 19.2 Å². The number of carbonyl (C=O) groups excluding carboxylic acids is 4. The van der Waals surface area contributed by atoms with Crippen molar-refractivity contribution in [2.24, 2.45) is 0 Å². The maximum Gasteiger partial charge on any atom is 0.338 e. The van der Waals surface area contributed by atoms with Crippen LogP contribution in [0.3, 0.4) is 0 Å². The van der Waals surface area contributed by atoms with E-state index in [1.807, 2.05) is 60.7 Å². The molecule has 0 aliphatic heterocycles. The van der Waals surface area contributed by atoms with Gasteiger partial charge in [-0.05, 0) is 84.8 Å². The SMILES string of the molecule is C.C.O=C(CCCCO)c1ccc(-c2ccc(Cl)cc2Cl)cc1.O=C(CCCCOC(=O)c1ccccc1)c1ccc(-c2ccc(Cl)cc2Cl)cc1.O=C(Cl)c1ccccc1. The summed E-state index contributed by atoms with van der Waals surface area (Å²) in [7, 11) is 0. The summed E-state index contributed by atoms with van der Waals surface area (Å²) in [5, 5.41) is 10.7. The van der Waals surface area contributed by atoms with Gasteiger partial charge in [0.25, 0.3) is 5.24 Å². The zero-order valence-corrected chi connectivity index (χ0v) is 35.7. The number of hydrogen-bond acceptors (Lipinski definition) is 6. The molecule has 6 aromatic rings. The molecule has 0 radical (unpaired) electrons. The van der Waals surface area contributed by atoms with E-state index in [2.05, 4.69) is 0 Å². The molecule has 0 bridgehead atoms. The Morgan fingerprint density at radius 2 is 0.885 bits per heavy atom. The fourth-order valence-corrected chi connectivity index (χ4v) is 6.75. The summed E-state index contributed by atoms with van der Waals surface area (Å²) < 4.78 is 5.23. The molecule has 0 heterocycles. The molecule has 0 amide bonds. The maximum atomic E-state index is 12.4. The minimum Gasteiger partial charge on any atom is -0.462 e. The monoisotopic (exact) mass is 920 g/mol. The van der Waals surface area contributed by atoms with E-state index >= 15 is 0 Å². The molecule has 61 heavy (non-hydrogen) atoms. The second kappa shape index (κ2) is 27.9. The van der Waals surface area contributed by atoms with Gasteiger partial charge in [0.2, 0.25) is 0 Å². The third-order valence-corrected chi connectivity index (χ3v) is 10.1. The van der Waals surface area contributed by atoms with Crippen LogP contribution in [0.4, 0.5) is 0 Å². The molecule has 0 atom stereocenters. The number of carbonyl (C=O) groups is 4. The van der Waals surface area contributed by atoms with Crippen molar-refractivity contribution in [3.63, 3.8) is 0 Å². The van der Waals surface area contributed by atoms with Crippen LogP contribution in [0.1, 0.15) is 94.8 Å². The Hall–Kier alpha value is -4.79. The van der Waals surface area contributed by atoms with Crippen molar-refractivity contribution >= 4 is 80.8 Å². The maximum absolute atomic E-state index is 12.4. The number of aliphatic hydroxyl groups excluding tert-OH is 1. The van der Waals surface area contributed by atoms with E-state index in [1.165, 1.54) is 0 Å². The fraction of sp³-hybridized carbons (Fsp3) is 0.200. The molecule has 1 N–H and O–H groups in total. The lowest BCUT2D eigenvalue weighted by Crippen LogP contribution is -2.07.